The summed E-state index contributed by atoms with van der Waals surface area (Å²) in [5.41, 5.74) is -0.867. The fourth-order valence-electron chi connectivity index (χ4n) is 11.0. The van der Waals surface area contributed by atoms with Gasteiger partial charge < -0.3 is 66.1 Å². The molecule has 0 radical (unpaired) electrons. The zero-order chi connectivity index (χ0) is 64.7. The first-order valence-corrected chi connectivity index (χ1v) is 35.1. The van der Waals surface area contributed by atoms with E-state index < -0.39 is 92.7 Å². The molecule has 2 N–H and O–H groups in total. The molecular weight excluding hydrogens is 1260 g/mol. The number of aliphatic carboxylic acids is 1. The highest BCUT2D eigenvalue weighted by molar-refractivity contribution is 7.87. The molecule has 88 heavy (non-hydrogen) atoms. The second-order valence-corrected chi connectivity index (χ2v) is 28.1. The average molecular weight is 1330 g/mol. The molecule has 0 aliphatic carbocycles. The molecule has 0 aromatic heterocycles. The first kappa shape index (κ1) is 72.1. The summed E-state index contributed by atoms with van der Waals surface area (Å²) < 4.78 is 235. The molecule has 2 aliphatic heterocycles. The van der Waals surface area contributed by atoms with Crippen molar-refractivity contribution in [3.63, 3.8) is 0 Å². The minimum atomic E-state index is -5.48. The number of anilines is 1. The maximum absolute atomic E-state index is 12.9. The molecule has 6 rings (SSSR count). The van der Waals surface area contributed by atoms with Crippen LogP contribution < -0.4 is 4.90 Å². The second kappa shape index (κ2) is 31.4. The minimum Gasteiger partial charge on any atom is -0.744 e. The maximum atomic E-state index is 12.9. The molecule has 490 valence electrons. The molecular formula is C56H73N2O25S5-3. The van der Waals surface area contributed by atoms with Crippen LogP contribution in [0.25, 0.3) is 21.5 Å². The van der Waals surface area contributed by atoms with Crippen molar-refractivity contribution in [2.75, 3.05) is 130 Å². The van der Waals surface area contributed by atoms with Crippen molar-refractivity contribution in [1.82, 2.24) is 0 Å². The molecule has 2 heterocycles. The van der Waals surface area contributed by atoms with Gasteiger partial charge in [-0.2, -0.15) is 13.0 Å². The Morgan fingerprint density at radius 2 is 1.01 bits per heavy atom. The van der Waals surface area contributed by atoms with E-state index in [1.807, 2.05) is 4.90 Å². The highest BCUT2D eigenvalue weighted by Crippen LogP contribution is 2.54. The molecule has 32 heteroatoms. The molecule has 0 amide bonds. The fourth-order valence-corrected chi connectivity index (χ4v) is 14.1. The number of hydrogen-bond donors (Lipinski definition) is 2. The van der Waals surface area contributed by atoms with E-state index in [0.29, 0.717) is 68.5 Å². The van der Waals surface area contributed by atoms with Gasteiger partial charge in [0.1, 0.15) is 47.0 Å². The lowest BCUT2D eigenvalue weighted by Gasteiger charge is -2.31. The minimum absolute atomic E-state index is 0.00643. The van der Waals surface area contributed by atoms with E-state index in [2.05, 4.69) is 0 Å². The van der Waals surface area contributed by atoms with Crippen LogP contribution in [0, 0.1) is 0 Å². The Hall–Kier alpha value is -4.95. The van der Waals surface area contributed by atoms with E-state index in [9.17, 15) is 74.8 Å². The largest absolute Gasteiger partial charge is 0.744 e. The van der Waals surface area contributed by atoms with Gasteiger partial charge in [-0.05, 0) is 104 Å². The molecule has 4 aromatic carbocycles. The van der Waals surface area contributed by atoms with Crippen LogP contribution in [-0.4, -0.2) is 212 Å². The van der Waals surface area contributed by atoms with Gasteiger partial charge >= 0.3 is 5.97 Å². The zero-order valence-corrected chi connectivity index (χ0v) is 53.1. The van der Waals surface area contributed by atoms with Crippen molar-refractivity contribution >= 4 is 95.2 Å². The van der Waals surface area contributed by atoms with Crippen molar-refractivity contribution < 1.29 is 117 Å². The lowest BCUT2D eigenvalue weighted by Crippen LogP contribution is -2.33. The number of methoxy groups -OCH3 is 2. The molecule has 0 fully saturated rings. The Labute approximate surface area is 512 Å². The normalized spacial score (nSPS) is 18.0. The van der Waals surface area contributed by atoms with Gasteiger partial charge in [0.05, 0.1) is 110 Å². The van der Waals surface area contributed by atoms with Gasteiger partial charge in [0.25, 0.3) is 10.1 Å². The molecule has 27 nitrogen and oxygen atoms in total. The Morgan fingerprint density at radius 1 is 0.557 bits per heavy atom. The number of carboxylic acids is 1. The van der Waals surface area contributed by atoms with Crippen molar-refractivity contribution in [3.05, 3.63) is 83.6 Å². The molecule has 2 unspecified atom stereocenters. The van der Waals surface area contributed by atoms with Crippen molar-refractivity contribution in [2.24, 2.45) is 0 Å². The van der Waals surface area contributed by atoms with Crippen molar-refractivity contribution in [2.45, 2.75) is 89.2 Å². The molecule has 0 saturated carbocycles. The summed E-state index contributed by atoms with van der Waals surface area (Å²) in [5, 5.41) is 8.81. The molecule has 4 aromatic rings. The van der Waals surface area contributed by atoms with Gasteiger partial charge in [-0.25, -0.2) is 33.7 Å². The van der Waals surface area contributed by atoms with Crippen molar-refractivity contribution in [3.8, 4) is 0 Å². The van der Waals surface area contributed by atoms with Crippen molar-refractivity contribution in [1.29, 1.82) is 0 Å². The number of rotatable bonds is 40. The number of allylic oxidation sites excluding steroid dienone is 4. The standard InChI is InChI=1S/C56H76N2O25S5/c1-55(17-21-78-27-29-82-33-31-80-25-23-76-3)50(57(19-7-5-6-12-52(59)60)46-15-13-42-44(53(46)55)36-40(85(64,65)66)38-48(42)87(70,71)72)10-8-11-51-56(2,18-22-79-28-30-83-34-32-81-26-24-77-4)54-45-37-41(86(67,68)69)39-49(88(73,74)75)43(45)14-16-47(54)58(51)20-9-35-84(61,62)63/h8,10-11,13-16,36-39H,5-7,9,12,17-35H2,1-4H3,(H5-,59,60,61,62,63,64,65,66,67,68,69,70,71,72,73,74,75)/p-3. The van der Waals surface area contributed by atoms with E-state index >= 15 is 0 Å². The summed E-state index contributed by atoms with van der Waals surface area (Å²) >= 11 is 0. The van der Waals surface area contributed by atoms with E-state index in [1.165, 1.54) is 38.5 Å². The van der Waals surface area contributed by atoms with E-state index in [0.717, 1.165) is 12.1 Å². The summed E-state index contributed by atoms with van der Waals surface area (Å²) in [7, 11) is -23.3. The summed E-state index contributed by atoms with van der Waals surface area (Å²) in [6.45, 7) is 6.19. The van der Waals surface area contributed by atoms with Crippen LogP contribution in [0.5, 0.6) is 0 Å². The van der Waals surface area contributed by atoms with E-state index in [4.69, 9.17) is 37.9 Å². The SMILES string of the molecule is COCCOCCOCCOCCC1(C)C(/C=C/C=C2/N(CCCCCC(=O)O)c3ccc4c(S(=O)(=O)[O-])cc(S(=O)(=O)[O-])cc4c3C2(C)CCOCCOCCOCCOC)=[N+](CCCS(=O)(=O)O)c2ccc3c(S(=O)(=O)[O-])cc(S(=O)(=O)[O-])cc3c21. The predicted octanol–water partition coefficient (Wildman–Crippen LogP) is 4.28. The number of benzene rings is 4. The monoisotopic (exact) mass is 1330 g/mol. The van der Waals surface area contributed by atoms with Crippen LogP contribution in [0.3, 0.4) is 0 Å². The van der Waals surface area contributed by atoms with Gasteiger partial charge in [-0.15, -0.1) is 0 Å². The predicted molar refractivity (Wildman–Crippen MR) is 314 cm³/mol. The van der Waals surface area contributed by atoms with Crippen LogP contribution in [-0.2, 0) is 104 Å². The number of carbonyl (C=O) groups is 1. The first-order valence-electron chi connectivity index (χ1n) is 27.9. The van der Waals surface area contributed by atoms with Gasteiger partial charge in [-0.1, -0.05) is 18.6 Å². The van der Waals surface area contributed by atoms with Crippen LogP contribution in [0.2, 0.25) is 0 Å². The topological polar surface area (TPSA) is 401 Å². The quantitative estimate of drug-likeness (QED) is 0.0356. The van der Waals surface area contributed by atoms with Gasteiger partial charge in [0, 0.05) is 86.7 Å². The third-order valence-corrected chi connectivity index (χ3v) is 19.2. The molecule has 2 atom stereocenters. The third kappa shape index (κ3) is 18.8. The van der Waals surface area contributed by atoms with E-state index in [1.54, 1.807) is 36.7 Å². The molecule has 0 bridgehead atoms. The Bertz CT molecular complexity index is 3820. The average Bonchev–Trinajstić information content (AvgIpc) is 1.52. The van der Waals surface area contributed by atoms with Crippen LogP contribution in [0.15, 0.2) is 92.0 Å². The Balaban J connectivity index is 1.57. The number of ether oxygens (including phenoxy) is 8. The zero-order valence-electron chi connectivity index (χ0n) is 49.0. The fraction of sp³-hybridized carbons (Fsp3) is 0.536. The number of carboxylic acid groups (broad SMARTS) is 1. The first-order chi connectivity index (χ1) is 41.4. The van der Waals surface area contributed by atoms with E-state index in [-0.39, 0.29) is 150 Å². The number of fused-ring (bicyclic) bond motifs is 6. The van der Waals surface area contributed by atoms with Gasteiger partial charge in [0.15, 0.2) is 5.71 Å². The maximum Gasteiger partial charge on any atom is 0.303 e. The second-order valence-electron chi connectivity index (χ2n) is 21.0. The summed E-state index contributed by atoms with van der Waals surface area (Å²) in [6, 6.07) is 8.50. The number of unbranched alkanes of at least 4 members (excludes halogenated alkanes) is 2. The number of nitrogens with zero attached hydrogens (tertiary/aromatic N) is 2. The lowest BCUT2D eigenvalue weighted by molar-refractivity contribution is -0.437. The summed E-state index contributed by atoms with van der Waals surface area (Å²) in [5.74, 6) is -1.76. The molecule has 0 saturated heterocycles. The highest BCUT2D eigenvalue weighted by Gasteiger charge is 2.50. The van der Waals surface area contributed by atoms with Gasteiger partial charge in [0.2, 0.25) is 5.69 Å². The molecule has 2 aliphatic rings. The summed E-state index contributed by atoms with van der Waals surface area (Å²) in [6.07, 6.45) is 5.61. The molecule has 0 spiro atoms. The lowest BCUT2D eigenvalue weighted by atomic mass is 9.74. The highest BCUT2D eigenvalue weighted by atomic mass is 32.2. The van der Waals surface area contributed by atoms with Crippen LogP contribution in [0.1, 0.15) is 69.9 Å². The number of hydrogen-bond acceptors (Lipinski definition) is 24. The van der Waals surface area contributed by atoms with Gasteiger partial charge in [-0.3, -0.25) is 9.35 Å². The summed E-state index contributed by atoms with van der Waals surface area (Å²) in [4.78, 5) is 9.40. The van der Waals surface area contributed by atoms with Crippen LogP contribution >= 0.6 is 0 Å². The smallest absolute Gasteiger partial charge is 0.303 e. The third-order valence-electron chi connectivity index (χ3n) is 15.0. The Morgan fingerprint density at radius 3 is 1.47 bits per heavy atom. The van der Waals surface area contributed by atoms with Crippen LogP contribution in [0.4, 0.5) is 11.4 Å². The Kier molecular flexibility index (Phi) is 25.7.